The summed E-state index contributed by atoms with van der Waals surface area (Å²) in [4.78, 5) is 0.374. The van der Waals surface area contributed by atoms with E-state index < -0.39 is 10.0 Å². The summed E-state index contributed by atoms with van der Waals surface area (Å²) in [5, 5.41) is 1.58. The normalized spacial score (nSPS) is 24.3. The minimum atomic E-state index is -3.50. The van der Waals surface area contributed by atoms with E-state index in [1.807, 2.05) is 30.3 Å². The Morgan fingerprint density at radius 3 is 2.62 bits per heavy atom. The molecule has 1 aliphatic heterocycles. The van der Waals surface area contributed by atoms with Gasteiger partial charge in [-0.25, -0.2) is 8.42 Å². The Morgan fingerprint density at radius 2 is 1.86 bits per heavy atom. The average molecular weight is 324 g/mol. The topological polar surface area (TPSA) is 37.4 Å². The van der Waals surface area contributed by atoms with Crippen LogP contribution in [-0.4, -0.2) is 31.2 Å². The minimum absolute atomic E-state index is 0.122. The number of fused-ring (bicyclic) bond motifs is 1. The van der Waals surface area contributed by atoms with Crippen molar-refractivity contribution in [1.29, 1.82) is 0 Å². The first-order chi connectivity index (χ1) is 10.00. The molecule has 1 saturated heterocycles. The fourth-order valence-corrected chi connectivity index (χ4v) is 4.84. The van der Waals surface area contributed by atoms with Crippen molar-refractivity contribution in [2.45, 2.75) is 23.6 Å². The van der Waals surface area contributed by atoms with Gasteiger partial charge >= 0.3 is 0 Å². The van der Waals surface area contributed by atoms with Gasteiger partial charge in [-0.05, 0) is 23.8 Å². The van der Waals surface area contributed by atoms with Crippen LogP contribution in [0, 0.1) is 5.92 Å². The zero-order chi connectivity index (χ0) is 15.0. The molecule has 2 aromatic carbocycles. The van der Waals surface area contributed by atoms with Crippen LogP contribution in [0.2, 0.25) is 0 Å². The van der Waals surface area contributed by atoms with Crippen LogP contribution >= 0.6 is 11.6 Å². The standard InChI is InChI=1S/C16H18ClNO2S/c1-12-9-10-18(11-15(12)17)21(19,20)16-8-4-6-13-5-2-3-7-14(13)16/h2-8,12,15H,9-11H2,1H3. The monoisotopic (exact) mass is 323 g/mol. The van der Waals surface area contributed by atoms with Crippen LogP contribution in [0.3, 0.4) is 0 Å². The van der Waals surface area contributed by atoms with Gasteiger partial charge in [-0.2, -0.15) is 4.31 Å². The van der Waals surface area contributed by atoms with Crippen LogP contribution in [0.5, 0.6) is 0 Å². The van der Waals surface area contributed by atoms with E-state index in [2.05, 4.69) is 6.92 Å². The summed E-state index contributed by atoms with van der Waals surface area (Å²) in [6.07, 6.45) is 0.804. The van der Waals surface area contributed by atoms with Gasteiger partial charge in [0.1, 0.15) is 0 Å². The van der Waals surface area contributed by atoms with Gasteiger partial charge in [0.15, 0.2) is 0 Å². The Balaban J connectivity index is 2.05. The third-order valence-corrected chi connectivity index (χ3v) is 6.69. The Morgan fingerprint density at radius 1 is 1.14 bits per heavy atom. The maximum atomic E-state index is 12.9. The summed E-state index contributed by atoms with van der Waals surface area (Å²) in [7, 11) is -3.50. The molecule has 0 aliphatic carbocycles. The number of piperidine rings is 1. The fourth-order valence-electron chi connectivity index (χ4n) is 2.77. The van der Waals surface area contributed by atoms with Gasteiger partial charge in [0.05, 0.1) is 4.90 Å². The predicted octanol–water partition coefficient (Wildman–Crippen LogP) is 3.48. The minimum Gasteiger partial charge on any atom is -0.207 e. The van der Waals surface area contributed by atoms with E-state index in [0.29, 0.717) is 23.9 Å². The van der Waals surface area contributed by atoms with Gasteiger partial charge in [0.2, 0.25) is 10.0 Å². The lowest BCUT2D eigenvalue weighted by Gasteiger charge is -2.33. The predicted molar refractivity (Wildman–Crippen MR) is 86.1 cm³/mol. The quantitative estimate of drug-likeness (QED) is 0.793. The number of hydrogen-bond donors (Lipinski definition) is 0. The number of alkyl halides is 1. The average Bonchev–Trinajstić information content (AvgIpc) is 2.49. The molecule has 2 atom stereocenters. The van der Waals surface area contributed by atoms with Crippen LogP contribution in [0.25, 0.3) is 10.8 Å². The summed E-state index contributed by atoms with van der Waals surface area (Å²) in [5.74, 6) is 0.352. The molecule has 2 unspecified atom stereocenters. The van der Waals surface area contributed by atoms with Gasteiger partial charge in [0.25, 0.3) is 0 Å². The lowest BCUT2D eigenvalue weighted by Crippen LogP contribution is -2.43. The smallest absolute Gasteiger partial charge is 0.207 e. The van der Waals surface area contributed by atoms with E-state index in [4.69, 9.17) is 11.6 Å². The van der Waals surface area contributed by atoms with Crippen molar-refractivity contribution in [2.24, 2.45) is 5.92 Å². The number of hydrogen-bond acceptors (Lipinski definition) is 2. The molecule has 0 bridgehead atoms. The number of halogens is 1. The van der Waals surface area contributed by atoms with E-state index in [1.165, 1.54) is 4.31 Å². The zero-order valence-corrected chi connectivity index (χ0v) is 13.4. The molecule has 3 rings (SSSR count). The van der Waals surface area contributed by atoms with Crippen LogP contribution in [0.1, 0.15) is 13.3 Å². The number of sulfonamides is 1. The lowest BCUT2D eigenvalue weighted by molar-refractivity contribution is 0.293. The Kier molecular flexibility index (Phi) is 3.95. The van der Waals surface area contributed by atoms with Gasteiger partial charge < -0.3 is 0 Å². The highest BCUT2D eigenvalue weighted by molar-refractivity contribution is 7.89. The summed E-state index contributed by atoms with van der Waals surface area (Å²) >= 11 is 6.27. The number of rotatable bonds is 2. The molecule has 5 heteroatoms. The molecule has 3 nitrogen and oxygen atoms in total. The van der Waals surface area contributed by atoms with E-state index in [1.54, 1.807) is 12.1 Å². The summed E-state index contributed by atoms with van der Waals surface area (Å²) in [6, 6.07) is 13.0. The van der Waals surface area contributed by atoms with Crippen LogP contribution < -0.4 is 0 Å². The lowest BCUT2D eigenvalue weighted by atomic mass is 10.0. The second-order valence-corrected chi connectivity index (χ2v) is 8.09. The molecule has 2 aromatic rings. The Hall–Kier alpha value is -1.10. The summed E-state index contributed by atoms with van der Waals surface area (Å²) in [6.45, 7) is 2.99. The molecule has 1 heterocycles. The maximum absolute atomic E-state index is 12.9. The highest BCUT2D eigenvalue weighted by atomic mass is 35.5. The highest BCUT2D eigenvalue weighted by Gasteiger charge is 2.33. The third kappa shape index (κ3) is 2.68. The third-order valence-electron chi connectivity index (χ3n) is 4.20. The number of benzene rings is 2. The molecule has 1 aliphatic rings. The van der Waals surface area contributed by atoms with Gasteiger partial charge in [-0.3, -0.25) is 0 Å². The second-order valence-electron chi connectivity index (χ2n) is 5.62. The molecular formula is C16H18ClNO2S. The highest BCUT2D eigenvalue weighted by Crippen LogP contribution is 2.30. The van der Waals surface area contributed by atoms with Gasteiger partial charge in [-0.15, -0.1) is 11.6 Å². The first-order valence-corrected chi connectivity index (χ1v) is 9.00. The fraction of sp³-hybridized carbons (Fsp3) is 0.375. The van der Waals surface area contributed by atoms with Gasteiger partial charge in [-0.1, -0.05) is 43.3 Å². The Bertz CT molecular complexity index is 754. The van der Waals surface area contributed by atoms with Crippen molar-refractivity contribution < 1.29 is 8.42 Å². The largest absolute Gasteiger partial charge is 0.243 e. The first kappa shape index (κ1) is 14.8. The summed E-state index contributed by atoms with van der Waals surface area (Å²) in [5.41, 5.74) is 0. The molecule has 0 N–H and O–H groups in total. The molecule has 0 saturated carbocycles. The van der Waals surface area contributed by atoms with Crippen molar-refractivity contribution in [3.63, 3.8) is 0 Å². The second kappa shape index (κ2) is 5.59. The molecule has 112 valence electrons. The molecule has 0 spiro atoms. The first-order valence-electron chi connectivity index (χ1n) is 7.12. The van der Waals surface area contributed by atoms with Crippen molar-refractivity contribution in [2.75, 3.05) is 13.1 Å². The van der Waals surface area contributed by atoms with E-state index in [0.717, 1.165) is 17.2 Å². The van der Waals surface area contributed by atoms with Crippen molar-refractivity contribution in [3.05, 3.63) is 42.5 Å². The van der Waals surface area contributed by atoms with Crippen LogP contribution in [-0.2, 0) is 10.0 Å². The molecule has 21 heavy (non-hydrogen) atoms. The molecular weight excluding hydrogens is 306 g/mol. The zero-order valence-electron chi connectivity index (χ0n) is 11.9. The molecule has 1 fully saturated rings. The SMILES string of the molecule is CC1CCN(S(=O)(=O)c2cccc3ccccc23)CC1Cl. The van der Waals surface area contributed by atoms with Crippen molar-refractivity contribution in [1.82, 2.24) is 4.31 Å². The van der Waals surface area contributed by atoms with Crippen molar-refractivity contribution >= 4 is 32.4 Å². The van der Waals surface area contributed by atoms with Crippen LogP contribution in [0.4, 0.5) is 0 Å². The summed E-state index contributed by atoms with van der Waals surface area (Å²) < 4.78 is 27.4. The van der Waals surface area contributed by atoms with E-state index in [-0.39, 0.29) is 5.38 Å². The molecule has 0 radical (unpaired) electrons. The van der Waals surface area contributed by atoms with E-state index in [9.17, 15) is 8.42 Å². The number of nitrogens with zero attached hydrogens (tertiary/aromatic N) is 1. The molecule has 0 aromatic heterocycles. The van der Waals surface area contributed by atoms with E-state index >= 15 is 0 Å². The Labute approximate surface area is 130 Å². The van der Waals surface area contributed by atoms with Crippen LogP contribution in [0.15, 0.2) is 47.4 Å². The van der Waals surface area contributed by atoms with Crippen molar-refractivity contribution in [3.8, 4) is 0 Å². The maximum Gasteiger partial charge on any atom is 0.243 e. The molecule has 0 amide bonds. The van der Waals surface area contributed by atoms with Gasteiger partial charge in [0, 0.05) is 23.9 Å².